The molecule has 0 aromatic carbocycles. The van der Waals surface area contributed by atoms with Gasteiger partial charge in [-0.05, 0) is 0 Å². The number of hydrogen-bond acceptors (Lipinski definition) is 1. The molecule has 0 unspecified atom stereocenters. The fourth-order valence-electron chi connectivity index (χ4n) is 0. The van der Waals surface area contributed by atoms with Crippen LogP contribution in [0.1, 0.15) is 0 Å². The third-order valence-electron chi connectivity index (χ3n) is 0. The second-order valence-corrected chi connectivity index (χ2v) is 0. The van der Waals surface area contributed by atoms with E-state index in [4.69, 9.17) is 4.70 Å². The van der Waals surface area contributed by atoms with Gasteiger partial charge in [-0.25, -0.2) is 0 Å². The number of hydrogen-bond donors (Lipinski definition) is 0. The quantitative estimate of drug-likeness (QED) is 0.499. The van der Waals surface area contributed by atoms with Crippen molar-refractivity contribution in [1.82, 2.24) is 0 Å². The van der Waals surface area contributed by atoms with Gasteiger partial charge >= 0.3 is 12.4 Å². The van der Waals surface area contributed by atoms with Gasteiger partial charge in [0.05, 0.1) is 0 Å². The molecule has 0 fully saturated rings. The zero-order valence-electron chi connectivity index (χ0n) is 1.93. The Hall–Kier alpha value is 0.822. The minimum Gasteiger partial charge on any atom is 0 e. The van der Waals surface area contributed by atoms with E-state index in [1.54, 1.807) is 0 Å². The molecule has 4 heteroatoms. The first kappa shape index (κ1) is 21.2. The van der Waals surface area contributed by atoms with Crippen LogP contribution in [-0.2, 0) is 27.1 Å². The average molecular weight is 236 g/mol. The van der Waals surface area contributed by atoms with Gasteiger partial charge in [-0.3, -0.25) is 0 Å². The van der Waals surface area contributed by atoms with Gasteiger partial charge in [-0.1, -0.05) is 0 Å². The van der Waals surface area contributed by atoms with Crippen LogP contribution >= 0.6 is 0 Å². The van der Waals surface area contributed by atoms with Gasteiger partial charge in [0, 0.05) is 33.3 Å². The second kappa shape index (κ2) is 45.0. The van der Waals surface area contributed by atoms with Crippen LogP contribution in [0.2, 0.25) is 0 Å². The summed E-state index contributed by atoms with van der Waals surface area (Å²) in [5.74, 6) is 0. The molecule has 0 aliphatic heterocycles. The molecule has 18 valence electrons. The Morgan fingerprint density at radius 1 is 1.25 bits per heavy atom. The smallest absolute Gasteiger partial charge is 0 e. The van der Waals surface area contributed by atoms with E-state index in [1.165, 1.54) is 0 Å². The molecule has 0 bridgehead atoms. The van der Waals surface area contributed by atoms with Crippen LogP contribution in [0.25, 0.3) is 0 Å². The first-order valence-corrected chi connectivity index (χ1v) is 0.236. The van der Waals surface area contributed by atoms with Gasteiger partial charge in [0.15, 0.2) is 0 Å². The molecule has 6 radical (unpaired) electrons. The molecule has 0 aromatic rings. The molecule has 0 aliphatic rings. The first-order chi connectivity index (χ1) is 1.00. The summed E-state index contributed by atoms with van der Waals surface area (Å²) in [5, 5.41) is 0. The van der Waals surface area contributed by atoms with Crippen molar-refractivity contribution in [2.75, 3.05) is 0 Å². The molecule has 0 rings (SSSR count). The summed E-state index contributed by atoms with van der Waals surface area (Å²) in [4.78, 5) is 0. The average Bonchev–Trinajstić information content (AvgIpc) is 1.00. The first-order valence-electron chi connectivity index (χ1n) is 0.236. The normalized spacial score (nSPS) is 0.750. The summed E-state index contributed by atoms with van der Waals surface area (Å²) in [6.45, 7) is 0. The van der Waals surface area contributed by atoms with Crippen molar-refractivity contribution in [1.29, 1.82) is 0 Å². The molecule has 0 spiro atoms. The molecule has 4 heavy (non-hydrogen) atoms. The van der Waals surface area contributed by atoms with Crippen molar-refractivity contribution >= 4 is 18.7 Å². The largest absolute Gasteiger partial charge is 0 e. The van der Waals surface area contributed by atoms with E-state index >= 15 is 0 Å². The van der Waals surface area contributed by atoms with Gasteiger partial charge in [-0.2, -0.15) is 0 Å². The topological polar surface area (TPSA) is 17.1 Å². The molecule has 0 saturated carbocycles. The van der Waals surface area contributed by atoms with Crippen LogP contribution in [0.3, 0.4) is 0 Å². The van der Waals surface area contributed by atoms with Gasteiger partial charge in [-0.15, -0.1) is 0 Å². The number of rotatable bonds is 0. The van der Waals surface area contributed by atoms with Gasteiger partial charge in [0.25, 0.3) is 0 Å². The fourth-order valence-corrected chi connectivity index (χ4v) is 0. The Bertz CT molecular complexity index is 8.00. The molecule has 0 heterocycles. The van der Waals surface area contributed by atoms with E-state index in [-0.39, 0.29) is 33.3 Å². The third kappa shape index (κ3) is 13.9. The SMILES string of the molecule is [B]=O.[Si].[Ta]. The van der Waals surface area contributed by atoms with Crippen molar-refractivity contribution in [3.05, 3.63) is 0 Å². The van der Waals surface area contributed by atoms with Crippen LogP contribution in [0.15, 0.2) is 0 Å². The summed E-state index contributed by atoms with van der Waals surface area (Å²) in [5.41, 5.74) is 0. The molecule has 1 nitrogen and oxygen atoms in total. The van der Waals surface area contributed by atoms with E-state index in [2.05, 4.69) is 7.72 Å². The van der Waals surface area contributed by atoms with Gasteiger partial charge in [0.1, 0.15) is 0 Å². The molecule has 0 aliphatic carbocycles. The zero-order chi connectivity index (χ0) is 2.00. The maximum absolute atomic E-state index is 7.75. The molecule has 0 N–H and O–H groups in total. The Labute approximate surface area is 46.1 Å². The van der Waals surface area contributed by atoms with Crippen LogP contribution in [0, 0.1) is 0 Å². The van der Waals surface area contributed by atoms with Crippen molar-refractivity contribution in [2.24, 2.45) is 0 Å². The van der Waals surface area contributed by atoms with E-state index in [9.17, 15) is 0 Å². The molecular formula is BOSiTa. The summed E-state index contributed by atoms with van der Waals surface area (Å²) in [6.07, 6.45) is 0. The maximum Gasteiger partial charge on any atom is 0 e. The van der Waals surface area contributed by atoms with Crippen molar-refractivity contribution in [3.8, 4) is 0 Å². The van der Waals surface area contributed by atoms with Crippen molar-refractivity contribution in [2.45, 2.75) is 0 Å². The Morgan fingerprint density at radius 3 is 1.25 bits per heavy atom. The second-order valence-electron chi connectivity index (χ2n) is 0. The molecule has 0 saturated heterocycles. The van der Waals surface area contributed by atoms with Crippen molar-refractivity contribution in [3.63, 3.8) is 0 Å². The van der Waals surface area contributed by atoms with Gasteiger partial charge < -0.3 is 0 Å². The Balaban J connectivity index is -0.00000000500. The summed E-state index contributed by atoms with van der Waals surface area (Å²) < 4.78 is 7.75. The summed E-state index contributed by atoms with van der Waals surface area (Å²) >= 11 is 0. The molecule has 0 aromatic heterocycles. The van der Waals surface area contributed by atoms with E-state index in [1.807, 2.05) is 0 Å². The van der Waals surface area contributed by atoms with Crippen molar-refractivity contribution < 1.29 is 27.1 Å². The third-order valence-corrected chi connectivity index (χ3v) is 0. The van der Waals surface area contributed by atoms with E-state index < -0.39 is 0 Å². The minimum absolute atomic E-state index is 0. The Morgan fingerprint density at radius 2 is 1.25 bits per heavy atom. The standard InChI is InChI=1S/BO.Si.Ta/c1-2;;. The minimum atomic E-state index is 0. The van der Waals surface area contributed by atoms with E-state index in [0.717, 1.165) is 0 Å². The van der Waals surface area contributed by atoms with Gasteiger partial charge in [0.2, 0.25) is 0 Å². The van der Waals surface area contributed by atoms with Crippen LogP contribution in [0.4, 0.5) is 0 Å². The van der Waals surface area contributed by atoms with Crippen LogP contribution < -0.4 is 0 Å². The van der Waals surface area contributed by atoms with Crippen LogP contribution in [-0.4, -0.2) is 18.7 Å². The van der Waals surface area contributed by atoms with Crippen LogP contribution in [0.5, 0.6) is 0 Å². The Kier molecular flexibility index (Phi) is 239. The zero-order valence-corrected chi connectivity index (χ0v) is 6.15. The molecular weight excluding hydrogens is 236 g/mol. The predicted molar refractivity (Wildman–Crippen MR) is 12.2 cm³/mol. The monoisotopic (exact) mass is 236 g/mol. The summed E-state index contributed by atoms with van der Waals surface area (Å²) in [7, 11) is 3.25. The molecule has 0 amide bonds. The summed E-state index contributed by atoms with van der Waals surface area (Å²) in [6, 6.07) is 0. The molecule has 0 atom stereocenters. The fraction of sp³-hybridized carbons (Fsp3) is 0. The predicted octanol–water partition coefficient (Wildman–Crippen LogP) is -0.883. The maximum atomic E-state index is 7.75. The van der Waals surface area contributed by atoms with E-state index in [0.29, 0.717) is 0 Å².